The van der Waals surface area contributed by atoms with E-state index in [1.807, 2.05) is 0 Å². The van der Waals surface area contributed by atoms with E-state index >= 15 is 0 Å². The van der Waals surface area contributed by atoms with Crippen molar-refractivity contribution in [3.63, 3.8) is 0 Å². The van der Waals surface area contributed by atoms with Crippen LogP contribution in [-0.2, 0) is 17.8 Å². The largest absolute Gasteiger partial charge is 0.385 e. The van der Waals surface area contributed by atoms with Gasteiger partial charge in [-0.15, -0.1) is 0 Å². The molecule has 0 bridgehead atoms. The molecule has 16 heavy (non-hydrogen) atoms. The molecule has 0 aliphatic rings. The maximum Gasteiger partial charge on any atom is 0.0525 e. The average Bonchev–Trinajstić information content (AvgIpc) is 2.73. The lowest BCUT2D eigenvalue weighted by Gasteiger charge is -2.08. The van der Waals surface area contributed by atoms with E-state index in [0.29, 0.717) is 6.54 Å². The Bertz CT molecular complexity index is 462. The van der Waals surface area contributed by atoms with Gasteiger partial charge in [0.15, 0.2) is 0 Å². The summed E-state index contributed by atoms with van der Waals surface area (Å²) in [5, 5.41) is 1.26. The Morgan fingerprint density at radius 1 is 1.31 bits per heavy atom. The van der Waals surface area contributed by atoms with Gasteiger partial charge in [-0.2, -0.15) is 0 Å². The first kappa shape index (κ1) is 11.2. The number of para-hydroxylation sites is 1. The second-order valence-electron chi connectivity index (χ2n) is 3.91. The fraction of sp³-hybridized carbons (Fsp3) is 0.385. The number of rotatable bonds is 5. The first-order valence-electron chi connectivity index (χ1n) is 5.62. The van der Waals surface area contributed by atoms with Crippen LogP contribution in [0, 0.1) is 0 Å². The lowest BCUT2D eigenvalue weighted by molar-refractivity contribution is 0.190. The zero-order valence-electron chi connectivity index (χ0n) is 9.65. The SMILES string of the molecule is COCCCn1ccc2cccc(CN)c21. The van der Waals surface area contributed by atoms with Gasteiger partial charge >= 0.3 is 0 Å². The Morgan fingerprint density at radius 3 is 2.94 bits per heavy atom. The Labute approximate surface area is 95.8 Å². The lowest BCUT2D eigenvalue weighted by atomic mass is 10.1. The van der Waals surface area contributed by atoms with Gasteiger partial charge in [0.2, 0.25) is 0 Å². The molecule has 0 saturated carbocycles. The molecule has 3 heteroatoms. The second-order valence-corrected chi connectivity index (χ2v) is 3.91. The molecular formula is C13H18N2O. The van der Waals surface area contributed by atoms with Crippen molar-refractivity contribution in [3.05, 3.63) is 36.0 Å². The Hall–Kier alpha value is -1.32. The summed E-state index contributed by atoms with van der Waals surface area (Å²) >= 11 is 0. The van der Waals surface area contributed by atoms with Crippen molar-refractivity contribution in [1.29, 1.82) is 0 Å². The molecule has 0 aliphatic carbocycles. The first-order chi connectivity index (χ1) is 7.86. The number of nitrogens with two attached hydrogens (primary N) is 1. The van der Waals surface area contributed by atoms with Crippen LogP contribution in [0.2, 0.25) is 0 Å². The van der Waals surface area contributed by atoms with Crippen LogP contribution in [-0.4, -0.2) is 18.3 Å². The molecule has 1 heterocycles. The summed E-state index contributed by atoms with van der Waals surface area (Å²) in [5.74, 6) is 0. The topological polar surface area (TPSA) is 40.2 Å². The molecule has 0 unspecified atom stereocenters. The third-order valence-corrected chi connectivity index (χ3v) is 2.84. The maximum absolute atomic E-state index is 5.76. The molecule has 1 aromatic carbocycles. The highest BCUT2D eigenvalue weighted by molar-refractivity contribution is 5.83. The molecule has 3 nitrogen and oxygen atoms in total. The van der Waals surface area contributed by atoms with Crippen LogP contribution in [0.15, 0.2) is 30.5 Å². The summed E-state index contributed by atoms with van der Waals surface area (Å²) in [5.41, 5.74) is 8.23. The summed E-state index contributed by atoms with van der Waals surface area (Å²) in [6.45, 7) is 2.37. The molecule has 2 N–H and O–H groups in total. The van der Waals surface area contributed by atoms with E-state index in [0.717, 1.165) is 19.6 Å². The van der Waals surface area contributed by atoms with Gasteiger partial charge in [-0.05, 0) is 23.4 Å². The summed E-state index contributed by atoms with van der Waals surface area (Å²) in [6, 6.07) is 8.42. The number of benzene rings is 1. The molecule has 0 spiro atoms. The van der Waals surface area contributed by atoms with Gasteiger partial charge in [0, 0.05) is 33.0 Å². The monoisotopic (exact) mass is 218 g/mol. The number of nitrogens with zero attached hydrogens (tertiary/aromatic N) is 1. The quantitative estimate of drug-likeness (QED) is 0.781. The normalized spacial score (nSPS) is 11.1. The number of methoxy groups -OCH3 is 1. The molecule has 0 aliphatic heterocycles. The summed E-state index contributed by atoms with van der Waals surface area (Å²) in [7, 11) is 1.74. The van der Waals surface area contributed by atoms with Crippen molar-refractivity contribution in [3.8, 4) is 0 Å². The minimum atomic E-state index is 0.589. The number of fused-ring (bicyclic) bond motifs is 1. The van der Waals surface area contributed by atoms with E-state index in [1.165, 1.54) is 16.5 Å². The van der Waals surface area contributed by atoms with E-state index in [9.17, 15) is 0 Å². The van der Waals surface area contributed by atoms with Gasteiger partial charge < -0.3 is 15.0 Å². The molecule has 1 aromatic heterocycles. The molecule has 0 radical (unpaired) electrons. The van der Waals surface area contributed by atoms with Crippen molar-refractivity contribution < 1.29 is 4.74 Å². The van der Waals surface area contributed by atoms with Crippen LogP contribution < -0.4 is 5.73 Å². The van der Waals surface area contributed by atoms with Crippen molar-refractivity contribution in [2.75, 3.05) is 13.7 Å². The third-order valence-electron chi connectivity index (χ3n) is 2.84. The highest BCUT2D eigenvalue weighted by atomic mass is 16.5. The number of aromatic nitrogens is 1. The van der Waals surface area contributed by atoms with E-state index in [4.69, 9.17) is 10.5 Å². The molecule has 86 valence electrons. The smallest absolute Gasteiger partial charge is 0.0525 e. The van der Waals surface area contributed by atoms with E-state index < -0.39 is 0 Å². The molecule has 2 rings (SSSR count). The summed E-state index contributed by atoms with van der Waals surface area (Å²) < 4.78 is 7.33. The Morgan fingerprint density at radius 2 is 2.19 bits per heavy atom. The minimum Gasteiger partial charge on any atom is -0.385 e. The molecule has 0 saturated heterocycles. The highest BCUT2D eigenvalue weighted by Crippen LogP contribution is 2.20. The van der Waals surface area contributed by atoms with Crippen LogP contribution in [0.4, 0.5) is 0 Å². The van der Waals surface area contributed by atoms with Gasteiger partial charge in [0.25, 0.3) is 0 Å². The van der Waals surface area contributed by atoms with Gasteiger partial charge in [-0.1, -0.05) is 18.2 Å². The van der Waals surface area contributed by atoms with Crippen molar-refractivity contribution in [2.24, 2.45) is 5.73 Å². The van der Waals surface area contributed by atoms with Crippen LogP contribution in [0.25, 0.3) is 10.9 Å². The van der Waals surface area contributed by atoms with Gasteiger partial charge in [0.05, 0.1) is 5.52 Å². The highest BCUT2D eigenvalue weighted by Gasteiger charge is 2.04. The standard InChI is InChI=1S/C13H18N2O/c1-16-9-3-7-15-8-6-11-4-2-5-12(10-14)13(11)15/h2,4-6,8H,3,7,9-10,14H2,1H3. The molecular weight excluding hydrogens is 200 g/mol. The van der Waals surface area contributed by atoms with E-state index in [-0.39, 0.29) is 0 Å². The average molecular weight is 218 g/mol. The predicted molar refractivity (Wildman–Crippen MR) is 66.3 cm³/mol. The van der Waals surface area contributed by atoms with Gasteiger partial charge in [-0.25, -0.2) is 0 Å². The Balaban J connectivity index is 2.30. The minimum absolute atomic E-state index is 0.589. The van der Waals surface area contributed by atoms with Crippen molar-refractivity contribution in [2.45, 2.75) is 19.5 Å². The number of aryl methyl sites for hydroxylation is 1. The number of hydrogen-bond acceptors (Lipinski definition) is 2. The van der Waals surface area contributed by atoms with E-state index in [2.05, 4.69) is 35.0 Å². The molecule has 2 aromatic rings. The van der Waals surface area contributed by atoms with Crippen LogP contribution in [0.5, 0.6) is 0 Å². The third kappa shape index (κ3) is 2.10. The van der Waals surface area contributed by atoms with Crippen LogP contribution in [0.3, 0.4) is 0 Å². The van der Waals surface area contributed by atoms with Crippen LogP contribution in [0.1, 0.15) is 12.0 Å². The van der Waals surface area contributed by atoms with Crippen molar-refractivity contribution >= 4 is 10.9 Å². The van der Waals surface area contributed by atoms with Crippen LogP contribution >= 0.6 is 0 Å². The van der Waals surface area contributed by atoms with Gasteiger partial charge in [0.1, 0.15) is 0 Å². The van der Waals surface area contributed by atoms with Gasteiger partial charge in [-0.3, -0.25) is 0 Å². The molecule has 0 atom stereocenters. The summed E-state index contributed by atoms with van der Waals surface area (Å²) in [6.07, 6.45) is 3.15. The molecule has 0 amide bonds. The maximum atomic E-state index is 5.76. The second kappa shape index (κ2) is 5.14. The number of hydrogen-bond donors (Lipinski definition) is 1. The molecule has 0 fully saturated rings. The first-order valence-corrected chi connectivity index (χ1v) is 5.62. The Kier molecular flexibility index (Phi) is 3.59. The zero-order valence-corrected chi connectivity index (χ0v) is 9.65. The summed E-state index contributed by atoms with van der Waals surface area (Å²) in [4.78, 5) is 0. The number of ether oxygens (including phenoxy) is 1. The fourth-order valence-electron chi connectivity index (χ4n) is 2.07. The lowest BCUT2D eigenvalue weighted by Crippen LogP contribution is -2.04. The van der Waals surface area contributed by atoms with Crippen molar-refractivity contribution in [1.82, 2.24) is 4.57 Å². The fourth-order valence-corrected chi connectivity index (χ4v) is 2.07. The van der Waals surface area contributed by atoms with E-state index in [1.54, 1.807) is 7.11 Å². The zero-order chi connectivity index (χ0) is 11.4. The predicted octanol–water partition coefficient (Wildman–Crippen LogP) is 2.14.